The summed E-state index contributed by atoms with van der Waals surface area (Å²) in [6, 6.07) is 9.78. The Morgan fingerprint density at radius 3 is 2.53 bits per heavy atom. The zero-order chi connectivity index (χ0) is 13.7. The third-order valence-corrected chi connectivity index (χ3v) is 3.91. The number of nitrogens with zero attached hydrogens (tertiary/aromatic N) is 1. The topological polar surface area (TPSA) is 24.5 Å². The van der Waals surface area contributed by atoms with Crippen molar-refractivity contribution in [2.45, 2.75) is 44.8 Å². The van der Waals surface area contributed by atoms with Crippen LogP contribution in [0.25, 0.3) is 0 Å². The molecule has 0 spiro atoms. The van der Waals surface area contributed by atoms with Crippen molar-refractivity contribution < 1.29 is 4.74 Å². The molecule has 0 amide bonds. The lowest BCUT2D eigenvalue weighted by Crippen LogP contribution is -2.39. The molecular weight excluding hydrogens is 236 g/mol. The molecule has 1 aromatic rings. The summed E-state index contributed by atoms with van der Waals surface area (Å²) in [5.41, 5.74) is 1.34. The molecule has 0 heterocycles. The van der Waals surface area contributed by atoms with E-state index in [0.717, 1.165) is 24.9 Å². The monoisotopic (exact) mass is 262 g/mol. The summed E-state index contributed by atoms with van der Waals surface area (Å²) >= 11 is 0. The molecule has 1 unspecified atom stereocenters. The van der Waals surface area contributed by atoms with Gasteiger partial charge in [0.05, 0.1) is 7.11 Å². The Balaban J connectivity index is 1.83. The number of hydrogen-bond donors (Lipinski definition) is 1. The van der Waals surface area contributed by atoms with E-state index in [0.29, 0.717) is 6.04 Å². The SMILES string of the molecule is CCC(CNC1CC1)N(C)Cc1ccc(OC)cc1. The fraction of sp³-hybridized carbons (Fsp3) is 0.625. The predicted molar refractivity (Wildman–Crippen MR) is 79.6 cm³/mol. The highest BCUT2D eigenvalue weighted by atomic mass is 16.5. The third kappa shape index (κ3) is 4.51. The predicted octanol–water partition coefficient (Wildman–Crippen LogP) is 2.66. The van der Waals surface area contributed by atoms with Gasteiger partial charge in [-0.2, -0.15) is 0 Å². The van der Waals surface area contributed by atoms with Gasteiger partial charge in [0, 0.05) is 25.2 Å². The largest absolute Gasteiger partial charge is 0.497 e. The van der Waals surface area contributed by atoms with Gasteiger partial charge in [-0.1, -0.05) is 19.1 Å². The number of nitrogens with one attached hydrogen (secondary N) is 1. The first kappa shape index (κ1) is 14.4. The van der Waals surface area contributed by atoms with Gasteiger partial charge in [0.2, 0.25) is 0 Å². The zero-order valence-corrected chi connectivity index (χ0v) is 12.4. The molecule has 19 heavy (non-hydrogen) atoms. The van der Waals surface area contributed by atoms with Crippen LogP contribution in [-0.2, 0) is 6.54 Å². The van der Waals surface area contributed by atoms with Crippen molar-refractivity contribution in [3.63, 3.8) is 0 Å². The number of likely N-dealkylation sites (N-methyl/N-ethyl adjacent to an activating group) is 1. The minimum Gasteiger partial charge on any atom is -0.497 e. The number of methoxy groups -OCH3 is 1. The van der Waals surface area contributed by atoms with E-state index in [-0.39, 0.29) is 0 Å². The van der Waals surface area contributed by atoms with E-state index >= 15 is 0 Å². The molecular formula is C16H26N2O. The molecule has 3 heteroatoms. The third-order valence-electron chi connectivity index (χ3n) is 3.91. The van der Waals surface area contributed by atoms with Crippen LogP contribution >= 0.6 is 0 Å². The van der Waals surface area contributed by atoms with Crippen LogP contribution in [0.15, 0.2) is 24.3 Å². The van der Waals surface area contributed by atoms with Crippen molar-refractivity contribution in [2.24, 2.45) is 0 Å². The van der Waals surface area contributed by atoms with Gasteiger partial charge >= 0.3 is 0 Å². The molecule has 106 valence electrons. The lowest BCUT2D eigenvalue weighted by atomic mass is 10.1. The van der Waals surface area contributed by atoms with Crippen molar-refractivity contribution in [3.05, 3.63) is 29.8 Å². The summed E-state index contributed by atoms with van der Waals surface area (Å²) < 4.78 is 5.19. The Morgan fingerprint density at radius 1 is 1.32 bits per heavy atom. The summed E-state index contributed by atoms with van der Waals surface area (Å²) in [4.78, 5) is 2.44. The Kier molecular flexibility index (Phi) is 5.23. The minimum absolute atomic E-state index is 0.614. The standard InChI is InChI=1S/C16H26N2O/c1-4-15(11-17-14-7-8-14)18(2)12-13-5-9-16(19-3)10-6-13/h5-6,9-10,14-15,17H,4,7-8,11-12H2,1-3H3. The summed E-state index contributed by atoms with van der Waals surface area (Å²) in [6.07, 6.45) is 3.91. The highest BCUT2D eigenvalue weighted by Crippen LogP contribution is 2.19. The van der Waals surface area contributed by atoms with E-state index in [1.165, 1.54) is 24.8 Å². The van der Waals surface area contributed by atoms with E-state index in [2.05, 4.69) is 36.3 Å². The number of benzene rings is 1. The molecule has 1 aliphatic carbocycles. The molecule has 1 atom stereocenters. The van der Waals surface area contributed by atoms with Crippen molar-refractivity contribution in [2.75, 3.05) is 20.7 Å². The minimum atomic E-state index is 0.614. The van der Waals surface area contributed by atoms with Gasteiger partial charge in [0.25, 0.3) is 0 Å². The van der Waals surface area contributed by atoms with E-state index in [9.17, 15) is 0 Å². The molecule has 1 aromatic carbocycles. The molecule has 0 aliphatic heterocycles. The van der Waals surface area contributed by atoms with E-state index in [4.69, 9.17) is 4.74 Å². The van der Waals surface area contributed by atoms with Crippen LogP contribution in [0, 0.1) is 0 Å². The molecule has 1 saturated carbocycles. The fourth-order valence-electron chi connectivity index (χ4n) is 2.35. The molecule has 2 rings (SSSR count). The summed E-state index contributed by atoms with van der Waals surface area (Å²) in [5, 5.41) is 3.63. The van der Waals surface area contributed by atoms with Crippen molar-refractivity contribution >= 4 is 0 Å². The number of ether oxygens (including phenoxy) is 1. The summed E-state index contributed by atoms with van der Waals surface area (Å²) in [5.74, 6) is 0.925. The number of hydrogen-bond acceptors (Lipinski definition) is 3. The summed E-state index contributed by atoms with van der Waals surface area (Å²) in [7, 11) is 3.92. The molecule has 1 N–H and O–H groups in total. The second-order valence-electron chi connectivity index (χ2n) is 5.51. The van der Waals surface area contributed by atoms with Gasteiger partial charge in [-0.25, -0.2) is 0 Å². The molecule has 3 nitrogen and oxygen atoms in total. The van der Waals surface area contributed by atoms with Gasteiger partial charge in [0.1, 0.15) is 5.75 Å². The molecule has 1 fully saturated rings. The first-order valence-corrected chi connectivity index (χ1v) is 7.29. The van der Waals surface area contributed by atoms with Crippen molar-refractivity contribution in [1.29, 1.82) is 0 Å². The fourth-order valence-corrected chi connectivity index (χ4v) is 2.35. The summed E-state index contributed by atoms with van der Waals surface area (Å²) in [6.45, 7) is 4.37. The maximum atomic E-state index is 5.19. The van der Waals surface area contributed by atoms with Crippen LogP contribution in [-0.4, -0.2) is 37.7 Å². The van der Waals surface area contributed by atoms with Gasteiger partial charge in [-0.05, 0) is 44.0 Å². The molecule has 0 aromatic heterocycles. The molecule has 0 saturated heterocycles. The van der Waals surface area contributed by atoms with Gasteiger partial charge < -0.3 is 10.1 Å². The lowest BCUT2D eigenvalue weighted by Gasteiger charge is -2.27. The van der Waals surface area contributed by atoms with E-state index in [1.54, 1.807) is 7.11 Å². The van der Waals surface area contributed by atoms with Gasteiger partial charge in [-0.15, -0.1) is 0 Å². The quantitative estimate of drug-likeness (QED) is 0.779. The van der Waals surface area contributed by atoms with E-state index < -0.39 is 0 Å². The lowest BCUT2D eigenvalue weighted by molar-refractivity contribution is 0.221. The maximum Gasteiger partial charge on any atom is 0.118 e. The average molecular weight is 262 g/mol. The Bertz CT molecular complexity index is 373. The Labute approximate surface area is 116 Å². The zero-order valence-electron chi connectivity index (χ0n) is 12.4. The van der Waals surface area contributed by atoms with Crippen molar-refractivity contribution in [1.82, 2.24) is 10.2 Å². The van der Waals surface area contributed by atoms with Crippen molar-refractivity contribution in [3.8, 4) is 5.75 Å². The maximum absolute atomic E-state index is 5.19. The molecule has 1 aliphatic rings. The normalized spacial score (nSPS) is 16.6. The Hall–Kier alpha value is -1.06. The average Bonchev–Trinajstić information content (AvgIpc) is 3.24. The second-order valence-corrected chi connectivity index (χ2v) is 5.51. The molecule has 0 bridgehead atoms. The molecule has 0 radical (unpaired) electrons. The first-order chi connectivity index (χ1) is 9.22. The van der Waals surface area contributed by atoms with Crippen LogP contribution < -0.4 is 10.1 Å². The second kappa shape index (κ2) is 6.92. The van der Waals surface area contributed by atoms with Crippen LogP contribution in [0.1, 0.15) is 31.7 Å². The Morgan fingerprint density at radius 2 is 2.00 bits per heavy atom. The first-order valence-electron chi connectivity index (χ1n) is 7.29. The smallest absolute Gasteiger partial charge is 0.118 e. The van der Waals surface area contributed by atoms with Gasteiger partial charge in [0.15, 0.2) is 0 Å². The van der Waals surface area contributed by atoms with Gasteiger partial charge in [-0.3, -0.25) is 4.90 Å². The highest BCUT2D eigenvalue weighted by molar-refractivity contribution is 5.27. The van der Waals surface area contributed by atoms with Crippen LogP contribution in [0.5, 0.6) is 5.75 Å². The van der Waals surface area contributed by atoms with Crippen LogP contribution in [0.3, 0.4) is 0 Å². The van der Waals surface area contributed by atoms with Crippen LogP contribution in [0.4, 0.5) is 0 Å². The van der Waals surface area contributed by atoms with E-state index in [1.807, 2.05) is 12.1 Å². The highest BCUT2D eigenvalue weighted by Gasteiger charge is 2.22. The number of rotatable bonds is 8. The van der Waals surface area contributed by atoms with Crippen LogP contribution in [0.2, 0.25) is 0 Å².